The quantitative estimate of drug-likeness (QED) is 0.325. The van der Waals surface area contributed by atoms with Gasteiger partial charge in [0.05, 0.1) is 30.3 Å². The number of hydrogen-bond acceptors (Lipinski definition) is 6. The fourth-order valence-corrected chi connectivity index (χ4v) is 6.33. The zero-order chi connectivity index (χ0) is 29.5. The second-order valence-electron chi connectivity index (χ2n) is 9.67. The minimum Gasteiger partial charge on any atom is -0.486 e. The molecule has 8 nitrogen and oxygen atoms in total. The molecule has 218 valence electrons. The minimum atomic E-state index is -4.52. The van der Waals surface area contributed by atoms with Gasteiger partial charge in [-0.3, -0.25) is 9.10 Å². The number of carbonyl (C=O) groups is 1. The Balaban J connectivity index is 1.59. The number of sulfonamides is 1. The van der Waals surface area contributed by atoms with Crippen molar-refractivity contribution in [2.24, 2.45) is 5.41 Å². The number of fused-ring (bicyclic) bond motifs is 1. The average molecular weight is 600 g/mol. The number of ether oxygens (including phenoxy) is 3. The smallest absolute Gasteiger partial charge is 0.387 e. The number of hydrogen-bond donors (Lipinski definition) is 1. The Morgan fingerprint density at radius 1 is 1.05 bits per heavy atom. The van der Waals surface area contributed by atoms with Gasteiger partial charge in [-0.05, 0) is 47.5 Å². The van der Waals surface area contributed by atoms with Crippen LogP contribution in [0.3, 0.4) is 0 Å². The van der Waals surface area contributed by atoms with Crippen molar-refractivity contribution in [2.45, 2.75) is 30.5 Å². The second kappa shape index (κ2) is 10.8. The molecule has 1 N–H and O–H groups in total. The molecule has 5 rings (SSSR count). The van der Waals surface area contributed by atoms with E-state index in [2.05, 4.69) is 4.74 Å². The second-order valence-corrected chi connectivity index (χ2v) is 11.5. The molecule has 0 radical (unpaired) electrons. The van der Waals surface area contributed by atoms with Crippen LogP contribution in [0.4, 0.5) is 27.6 Å². The Labute approximate surface area is 230 Å². The summed E-state index contributed by atoms with van der Waals surface area (Å²) in [4.78, 5) is 11.5. The van der Waals surface area contributed by atoms with E-state index >= 15 is 0 Å². The van der Waals surface area contributed by atoms with Gasteiger partial charge in [0.25, 0.3) is 16.4 Å². The summed E-state index contributed by atoms with van der Waals surface area (Å²) in [5, 5.41) is 9.73. The van der Waals surface area contributed by atoms with Crippen LogP contribution in [0, 0.1) is 11.2 Å². The number of halogens is 5. The van der Waals surface area contributed by atoms with Crippen LogP contribution < -0.4 is 13.8 Å². The van der Waals surface area contributed by atoms with E-state index in [1.54, 1.807) is 0 Å². The van der Waals surface area contributed by atoms with Crippen LogP contribution in [0.2, 0.25) is 0 Å². The molecule has 0 aromatic heterocycles. The van der Waals surface area contributed by atoms with Crippen LogP contribution in [-0.4, -0.2) is 52.0 Å². The standard InChI is InChI=1S/C27H22F5NO7S/c28-18-6-17(7-19(10-18)40-26(31)32)15-4-5-23-22(9-15)33(12-20(39-23)11-27(25(34)35)13-38-14-27)41(36,37)21-3-1-2-16(8-21)24(29)30/h1-10,20,24,26H,11-14H2,(H,34,35). The molecule has 0 bridgehead atoms. The van der Waals surface area contributed by atoms with Crippen LogP contribution in [0.15, 0.2) is 65.6 Å². The van der Waals surface area contributed by atoms with Crippen molar-refractivity contribution in [1.29, 1.82) is 0 Å². The number of rotatable bonds is 9. The molecule has 3 aromatic carbocycles. The number of carboxylic acid groups (broad SMARTS) is 1. The average Bonchev–Trinajstić information content (AvgIpc) is 2.89. The van der Waals surface area contributed by atoms with Gasteiger partial charge in [0.1, 0.15) is 28.8 Å². The summed E-state index contributed by atoms with van der Waals surface area (Å²) in [6.07, 6.45) is -4.00. The van der Waals surface area contributed by atoms with Gasteiger partial charge in [0.2, 0.25) is 0 Å². The number of anilines is 1. The number of nitrogens with zero attached hydrogens (tertiary/aromatic N) is 1. The third-order valence-corrected chi connectivity index (χ3v) is 8.62. The van der Waals surface area contributed by atoms with Crippen molar-refractivity contribution in [3.8, 4) is 22.6 Å². The molecule has 0 aliphatic carbocycles. The molecule has 2 aliphatic heterocycles. The monoisotopic (exact) mass is 599 g/mol. The predicted molar refractivity (Wildman–Crippen MR) is 134 cm³/mol. The van der Waals surface area contributed by atoms with Gasteiger partial charge in [0.15, 0.2) is 0 Å². The Hall–Kier alpha value is -3.91. The molecule has 14 heteroatoms. The summed E-state index contributed by atoms with van der Waals surface area (Å²) in [7, 11) is -4.52. The molecule has 3 aromatic rings. The summed E-state index contributed by atoms with van der Waals surface area (Å²) >= 11 is 0. The minimum absolute atomic E-state index is 0.0276. The van der Waals surface area contributed by atoms with Crippen molar-refractivity contribution in [1.82, 2.24) is 0 Å². The highest BCUT2D eigenvalue weighted by Crippen LogP contribution is 2.43. The lowest BCUT2D eigenvalue weighted by atomic mass is 9.80. The van der Waals surface area contributed by atoms with E-state index in [0.29, 0.717) is 0 Å². The van der Waals surface area contributed by atoms with Crippen LogP contribution in [0.25, 0.3) is 11.1 Å². The van der Waals surface area contributed by atoms with Crippen molar-refractivity contribution < 1.29 is 54.5 Å². The number of benzene rings is 3. The summed E-state index contributed by atoms with van der Waals surface area (Å²) in [5.41, 5.74) is -1.57. The molecule has 1 unspecified atom stereocenters. The number of alkyl halides is 4. The highest BCUT2D eigenvalue weighted by Gasteiger charge is 2.50. The maximum atomic E-state index is 14.2. The van der Waals surface area contributed by atoms with E-state index in [9.17, 15) is 40.3 Å². The molecule has 2 heterocycles. The normalized spacial score (nSPS) is 18.0. The van der Waals surface area contributed by atoms with Crippen molar-refractivity contribution in [3.05, 3.63) is 72.0 Å². The molecular formula is C27H22F5NO7S. The van der Waals surface area contributed by atoms with Gasteiger partial charge in [-0.15, -0.1) is 0 Å². The maximum absolute atomic E-state index is 14.2. The molecule has 0 spiro atoms. The lowest BCUT2D eigenvalue weighted by Gasteiger charge is -2.42. The zero-order valence-electron chi connectivity index (χ0n) is 21.0. The first kappa shape index (κ1) is 28.6. The van der Waals surface area contributed by atoms with E-state index in [4.69, 9.17) is 9.47 Å². The number of carboxylic acids is 1. The molecular weight excluding hydrogens is 577 g/mol. The van der Waals surface area contributed by atoms with Crippen molar-refractivity contribution >= 4 is 21.7 Å². The summed E-state index contributed by atoms with van der Waals surface area (Å²) in [6, 6.07) is 11.3. The van der Waals surface area contributed by atoms with Crippen LogP contribution in [-0.2, 0) is 19.6 Å². The van der Waals surface area contributed by atoms with Gasteiger partial charge in [-0.1, -0.05) is 18.2 Å². The molecule has 1 saturated heterocycles. The molecule has 1 atom stereocenters. The largest absolute Gasteiger partial charge is 0.486 e. The third-order valence-electron chi connectivity index (χ3n) is 6.85. The Kier molecular flexibility index (Phi) is 7.55. The summed E-state index contributed by atoms with van der Waals surface area (Å²) in [5.74, 6) is -2.46. The number of aliphatic carboxylic acids is 1. The highest BCUT2D eigenvalue weighted by molar-refractivity contribution is 7.92. The topological polar surface area (TPSA) is 102 Å². The Morgan fingerprint density at radius 2 is 1.80 bits per heavy atom. The maximum Gasteiger partial charge on any atom is 0.387 e. The van der Waals surface area contributed by atoms with Crippen LogP contribution in [0.5, 0.6) is 11.5 Å². The fraction of sp³-hybridized carbons (Fsp3) is 0.296. The molecule has 41 heavy (non-hydrogen) atoms. The van der Waals surface area contributed by atoms with Crippen molar-refractivity contribution in [2.75, 3.05) is 24.1 Å². The third kappa shape index (κ3) is 5.66. The Bertz CT molecular complexity index is 1580. The van der Waals surface area contributed by atoms with Crippen LogP contribution >= 0.6 is 0 Å². The van der Waals surface area contributed by atoms with Crippen molar-refractivity contribution in [3.63, 3.8) is 0 Å². The highest BCUT2D eigenvalue weighted by atomic mass is 32.2. The molecule has 0 saturated carbocycles. The first-order valence-corrected chi connectivity index (χ1v) is 13.6. The van der Waals surface area contributed by atoms with Gasteiger partial charge < -0.3 is 19.3 Å². The van der Waals surface area contributed by atoms with Gasteiger partial charge >= 0.3 is 12.6 Å². The van der Waals surface area contributed by atoms with E-state index in [1.165, 1.54) is 24.3 Å². The van der Waals surface area contributed by atoms with Gasteiger partial charge in [-0.25, -0.2) is 21.6 Å². The lowest BCUT2D eigenvalue weighted by Crippen LogP contribution is -2.54. The predicted octanol–water partition coefficient (Wildman–Crippen LogP) is 5.48. The van der Waals surface area contributed by atoms with E-state index in [-0.39, 0.29) is 48.7 Å². The van der Waals surface area contributed by atoms with Gasteiger partial charge in [-0.2, -0.15) is 8.78 Å². The van der Waals surface area contributed by atoms with Crippen LogP contribution in [0.1, 0.15) is 18.4 Å². The lowest BCUT2D eigenvalue weighted by molar-refractivity contribution is -0.184. The molecule has 1 fully saturated rings. The molecule has 0 amide bonds. The zero-order valence-corrected chi connectivity index (χ0v) is 21.8. The Morgan fingerprint density at radius 3 is 2.44 bits per heavy atom. The first-order valence-electron chi connectivity index (χ1n) is 12.2. The summed E-state index contributed by atoms with van der Waals surface area (Å²) in [6.45, 7) is -3.78. The SMILES string of the molecule is O=C(O)C1(CC2CN(S(=O)(=O)c3cccc(C(F)F)c3)c3cc(-c4cc(F)cc(OC(F)F)c4)ccc3O2)COC1. The first-order chi connectivity index (χ1) is 19.4. The van der Waals surface area contributed by atoms with E-state index in [1.807, 2.05) is 0 Å². The molecule has 2 aliphatic rings. The summed E-state index contributed by atoms with van der Waals surface area (Å²) < 4.78 is 110. The van der Waals surface area contributed by atoms with E-state index in [0.717, 1.165) is 40.7 Å². The van der Waals surface area contributed by atoms with E-state index < -0.39 is 62.6 Å². The van der Waals surface area contributed by atoms with Gasteiger partial charge in [0, 0.05) is 18.1 Å². The fourth-order valence-electron chi connectivity index (χ4n) is 4.78.